The smallest absolute Gasteiger partial charge is 0.126 e. The highest BCUT2D eigenvalue weighted by Crippen LogP contribution is 2.33. The Morgan fingerprint density at radius 1 is 1.43 bits per heavy atom. The zero-order valence-corrected chi connectivity index (χ0v) is 9.36. The summed E-state index contributed by atoms with van der Waals surface area (Å²) in [5, 5.41) is 3.31. The fourth-order valence-corrected chi connectivity index (χ4v) is 1.88. The van der Waals surface area contributed by atoms with Crippen LogP contribution in [0.15, 0.2) is 18.2 Å². The van der Waals surface area contributed by atoms with Gasteiger partial charge in [-0.25, -0.2) is 0 Å². The summed E-state index contributed by atoms with van der Waals surface area (Å²) >= 11 is 0. The molecule has 1 aromatic rings. The largest absolute Gasteiger partial charge is 0.493 e. The van der Waals surface area contributed by atoms with Gasteiger partial charge in [-0.05, 0) is 19.5 Å². The fourth-order valence-electron chi connectivity index (χ4n) is 1.88. The summed E-state index contributed by atoms with van der Waals surface area (Å²) in [6.45, 7) is 2.92. The van der Waals surface area contributed by atoms with E-state index in [4.69, 9.17) is 4.74 Å². The lowest BCUT2D eigenvalue weighted by atomic mass is 9.98. The van der Waals surface area contributed by atoms with Crippen molar-refractivity contribution in [3.8, 4) is 5.75 Å². The average Bonchev–Trinajstić information content (AvgIpc) is 2.18. The Labute approximate surface area is 91.1 Å². The number of fused-ring (bicyclic) bond motifs is 1. The summed E-state index contributed by atoms with van der Waals surface area (Å²) in [5.74, 6) is 1.08. The van der Waals surface area contributed by atoms with Crippen molar-refractivity contribution in [2.75, 3.05) is 13.7 Å². The second-order valence-corrected chi connectivity index (χ2v) is 3.47. The zero-order valence-electron chi connectivity index (χ0n) is 8.54. The monoisotopic (exact) mass is 213 g/mol. The van der Waals surface area contributed by atoms with Crippen LogP contribution >= 0.6 is 12.4 Å². The molecule has 0 fully saturated rings. The third kappa shape index (κ3) is 1.86. The van der Waals surface area contributed by atoms with Gasteiger partial charge in [0, 0.05) is 18.0 Å². The Kier molecular flexibility index (Phi) is 3.78. The van der Waals surface area contributed by atoms with E-state index in [1.807, 2.05) is 7.05 Å². The van der Waals surface area contributed by atoms with Crippen LogP contribution in [-0.2, 0) is 0 Å². The van der Waals surface area contributed by atoms with Crippen LogP contribution in [0.5, 0.6) is 5.75 Å². The molecule has 14 heavy (non-hydrogen) atoms. The Morgan fingerprint density at radius 3 is 2.93 bits per heavy atom. The van der Waals surface area contributed by atoms with Gasteiger partial charge in [0.05, 0.1) is 6.61 Å². The number of rotatable bonds is 1. The number of hydrogen-bond donors (Lipinski definition) is 1. The number of aryl methyl sites for hydroxylation is 1. The highest BCUT2D eigenvalue weighted by molar-refractivity contribution is 5.85. The van der Waals surface area contributed by atoms with Crippen LogP contribution in [0.2, 0.25) is 0 Å². The summed E-state index contributed by atoms with van der Waals surface area (Å²) < 4.78 is 5.65. The first-order chi connectivity index (χ1) is 6.33. The number of benzene rings is 1. The molecule has 0 spiro atoms. The van der Waals surface area contributed by atoms with Crippen LogP contribution in [-0.4, -0.2) is 13.7 Å². The maximum atomic E-state index is 5.65. The minimum absolute atomic E-state index is 0. The van der Waals surface area contributed by atoms with Crippen molar-refractivity contribution in [1.82, 2.24) is 5.32 Å². The van der Waals surface area contributed by atoms with E-state index in [-0.39, 0.29) is 12.4 Å². The van der Waals surface area contributed by atoms with E-state index in [0.717, 1.165) is 18.8 Å². The van der Waals surface area contributed by atoms with Gasteiger partial charge < -0.3 is 10.1 Å². The second kappa shape index (κ2) is 4.67. The van der Waals surface area contributed by atoms with Gasteiger partial charge in [0.2, 0.25) is 0 Å². The quantitative estimate of drug-likeness (QED) is 0.774. The zero-order chi connectivity index (χ0) is 9.26. The van der Waals surface area contributed by atoms with E-state index in [9.17, 15) is 0 Å². The number of para-hydroxylation sites is 1. The van der Waals surface area contributed by atoms with E-state index in [1.54, 1.807) is 0 Å². The minimum atomic E-state index is 0. The molecule has 0 aromatic heterocycles. The summed E-state index contributed by atoms with van der Waals surface area (Å²) in [6, 6.07) is 6.79. The number of halogens is 1. The van der Waals surface area contributed by atoms with Crippen molar-refractivity contribution < 1.29 is 4.74 Å². The molecule has 2 nitrogen and oxygen atoms in total. The van der Waals surface area contributed by atoms with E-state index in [2.05, 4.69) is 30.4 Å². The van der Waals surface area contributed by atoms with Crippen molar-refractivity contribution in [2.45, 2.75) is 19.4 Å². The first-order valence-corrected chi connectivity index (χ1v) is 4.72. The highest BCUT2D eigenvalue weighted by atomic mass is 35.5. The Bertz CT molecular complexity index is 314. The Balaban J connectivity index is 0.000000980. The van der Waals surface area contributed by atoms with Crippen molar-refractivity contribution in [1.29, 1.82) is 0 Å². The fraction of sp³-hybridized carbons (Fsp3) is 0.455. The molecule has 1 N–H and O–H groups in total. The topological polar surface area (TPSA) is 21.3 Å². The molecule has 1 heterocycles. The van der Waals surface area contributed by atoms with E-state index in [1.165, 1.54) is 11.1 Å². The molecule has 0 saturated carbocycles. The molecule has 0 amide bonds. The van der Waals surface area contributed by atoms with E-state index >= 15 is 0 Å². The number of ether oxygens (including phenoxy) is 1. The molecular weight excluding hydrogens is 198 g/mol. The molecule has 78 valence electrons. The molecular formula is C11H16ClNO. The SMILES string of the molecule is CNC1CCOc2c(C)cccc21.Cl. The van der Waals surface area contributed by atoms with Gasteiger partial charge in [-0.2, -0.15) is 0 Å². The first-order valence-electron chi connectivity index (χ1n) is 4.72. The van der Waals surface area contributed by atoms with Crippen LogP contribution in [0, 0.1) is 6.92 Å². The van der Waals surface area contributed by atoms with Crippen LogP contribution < -0.4 is 10.1 Å². The predicted molar refractivity (Wildman–Crippen MR) is 60.3 cm³/mol. The van der Waals surface area contributed by atoms with Crippen LogP contribution in [0.1, 0.15) is 23.6 Å². The lowest BCUT2D eigenvalue weighted by molar-refractivity contribution is 0.255. The lowest BCUT2D eigenvalue weighted by Gasteiger charge is -2.26. The molecule has 1 aliphatic heterocycles. The number of nitrogens with one attached hydrogen (secondary N) is 1. The molecule has 1 aliphatic rings. The van der Waals surface area contributed by atoms with Gasteiger partial charge in [-0.15, -0.1) is 12.4 Å². The molecule has 1 atom stereocenters. The van der Waals surface area contributed by atoms with Crippen molar-refractivity contribution in [3.05, 3.63) is 29.3 Å². The highest BCUT2D eigenvalue weighted by Gasteiger charge is 2.20. The minimum Gasteiger partial charge on any atom is -0.493 e. The molecule has 3 heteroatoms. The predicted octanol–water partition coefficient (Wildman–Crippen LogP) is 2.46. The van der Waals surface area contributed by atoms with Gasteiger partial charge in [0.1, 0.15) is 5.75 Å². The molecule has 2 rings (SSSR count). The van der Waals surface area contributed by atoms with E-state index in [0.29, 0.717) is 6.04 Å². The molecule has 0 radical (unpaired) electrons. The average molecular weight is 214 g/mol. The summed E-state index contributed by atoms with van der Waals surface area (Å²) in [4.78, 5) is 0. The standard InChI is InChI=1S/C11H15NO.ClH/c1-8-4-3-5-9-10(12-2)6-7-13-11(8)9;/h3-5,10,12H,6-7H2,1-2H3;1H. The van der Waals surface area contributed by atoms with Crippen molar-refractivity contribution >= 4 is 12.4 Å². The van der Waals surface area contributed by atoms with Crippen molar-refractivity contribution in [3.63, 3.8) is 0 Å². The number of hydrogen-bond acceptors (Lipinski definition) is 2. The third-order valence-electron chi connectivity index (χ3n) is 2.62. The summed E-state index contributed by atoms with van der Waals surface area (Å²) in [6.07, 6.45) is 1.06. The van der Waals surface area contributed by atoms with E-state index < -0.39 is 0 Å². The van der Waals surface area contributed by atoms with Crippen LogP contribution in [0.4, 0.5) is 0 Å². The summed E-state index contributed by atoms with van der Waals surface area (Å²) in [7, 11) is 2.00. The summed E-state index contributed by atoms with van der Waals surface area (Å²) in [5.41, 5.74) is 2.53. The maximum absolute atomic E-state index is 5.65. The Morgan fingerprint density at radius 2 is 2.21 bits per heavy atom. The first kappa shape index (κ1) is 11.3. The van der Waals surface area contributed by atoms with Gasteiger partial charge in [0.15, 0.2) is 0 Å². The second-order valence-electron chi connectivity index (χ2n) is 3.47. The molecule has 0 bridgehead atoms. The molecule has 0 saturated heterocycles. The maximum Gasteiger partial charge on any atom is 0.126 e. The molecule has 1 aromatic carbocycles. The van der Waals surface area contributed by atoms with Gasteiger partial charge >= 0.3 is 0 Å². The molecule has 0 aliphatic carbocycles. The van der Waals surface area contributed by atoms with Gasteiger partial charge in [0.25, 0.3) is 0 Å². The van der Waals surface area contributed by atoms with Gasteiger partial charge in [-0.3, -0.25) is 0 Å². The lowest BCUT2D eigenvalue weighted by Crippen LogP contribution is -2.24. The van der Waals surface area contributed by atoms with Crippen LogP contribution in [0.25, 0.3) is 0 Å². The van der Waals surface area contributed by atoms with Crippen LogP contribution in [0.3, 0.4) is 0 Å². The molecule has 1 unspecified atom stereocenters. The van der Waals surface area contributed by atoms with Gasteiger partial charge in [-0.1, -0.05) is 18.2 Å². The Hall–Kier alpha value is -0.730. The normalized spacial score (nSPS) is 19.1. The van der Waals surface area contributed by atoms with Crippen molar-refractivity contribution in [2.24, 2.45) is 0 Å². The third-order valence-corrected chi connectivity index (χ3v) is 2.62.